The highest BCUT2D eigenvalue weighted by Gasteiger charge is 2.32. The molecule has 0 aromatic carbocycles. The number of halogens is 1. The topological polar surface area (TPSA) is 0 Å². The fourth-order valence-corrected chi connectivity index (χ4v) is 3.14. The lowest BCUT2D eigenvalue weighted by Crippen LogP contribution is -2.19. The first-order valence-electron chi connectivity index (χ1n) is 6.14. The van der Waals surface area contributed by atoms with E-state index in [1.807, 2.05) is 6.92 Å². The number of fused-ring (bicyclic) bond motifs is 1. The summed E-state index contributed by atoms with van der Waals surface area (Å²) < 4.78 is 13.6. The van der Waals surface area contributed by atoms with Gasteiger partial charge in [-0.2, -0.15) is 0 Å². The zero-order valence-electron chi connectivity index (χ0n) is 10.0. The molecular formula is C14H21F. The molecule has 0 aromatic rings. The van der Waals surface area contributed by atoms with E-state index in [9.17, 15) is 4.39 Å². The minimum atomic E-state index is 0.0308. The highest BCUT2D eigenvalue weighted by atomic mass is 19.1. The van der Waals surface area contributed by atoms with Crippen LogP contribution < -0.4 is 0 Å². The van der Waals surface area contributed by atoms with Gasteiger partial charge in [0.15, 0.2) is 0 Å². The Morgan fingerprint density at radius 3 is 2.33 bits per heavy atom. The molecule has 0 radical (unpaired) electrons. The SMILES string of the molecule is CC1=CC(F)=C(C)C2CCC(C)CCC12. The van der Waals surface area contributed by atoms with Crippen molar-refractivity contribution < 1.29 is 4.39 Å². The third-order valence-electron chi connectivity index (χ3n) is 4.30. The first-order chi connectivity index (χ1) is 7.09. The molecule has 0 aromatic heterocycles. The van der Waals surface area contributed by atoms with Crippen LogP contribution >= 0.6 is 0 Å². The number of hydrogen-bond acceptors (Lipinski definition) is 0. The Morgan fingerprint density at radius 1 is 1.07 bits per heavy atom. The largest absolute Gasteiger partial charge is 0.207 e. The fraction of sp³-hybridized carbons (Fsp3) is 0.714. The van der Waals surface area contributed by atoms with Crippen LogP contribution in [0.15, 0.2) is 23.0 Å². The molecule has 2 aliphatic carbocycles. The molecule has 0 amide bonds. The van der Waals surface area contributed by atoms with E-state index in [0.29, 0.717) is 11.8 Å². The van der Waals surface area contributed by atoms with Crippen LogP contribution in [0.25, 0.3) is 0 Å². The fourth-order valence-electron chi connectivity index (χ4n) is 3.14. The lowest BCUT2D eigenvalue weighted by molar-refractivity contribution is 0.386. The van der Waals surface area contributed by atoms with E-state index in [-0.39, 0.29) is 5.83 Å². The van der Waals surface area contributed by atoms with Crippen LogP contribution in [0.4, 0.5) is 4.39 Å². The van der Waals surface area contributed by atoms with Gasteiger partial charge in [0.05, 0.1) is 0 Å². The van der Waals surface area contributed by atoms with Crippen molar-refractivity contribution in [1.82, 2.24) is 0 Å². The maximum atomic E-state index is 13.6. The summed E-state index contributed by atoms with van der Waals surface area (Å²) in [6.45, 7) is 6.40. The first-order valence-corrected chi connectivity index (χ1v) is 6.14. The minimum absolute atomic E-state index is 0.0308. The molecular weight excluding hydrogens is 187 g/mol. The van der Waals surface area contributed by atoms with Crippen LogP contribution in [-0.4, -0.2) is 0 Å². The molecule has 3 unspecified atom stereocenters. The molecule has 0 spiro atoms. The Hall–Kier alpha value is -0.590. The molecule has 0 nitrogen and oxygen atoms in total. The molecule has 1 saturated carbocycles. The van der Waals surface area contributed by atoms with Gasteiger partial charge in [0.2, 0.25) is 0 Å². The van der Waals surface area contributed by atoms with Gasteiger partial charge in [0.25, 0.3) is 0 Å². The van der Waals surface area contributed by atoms with Gasteiger partial charge >= 0.3 is 0 Å². The molecule has 0 bridgehead atoms. The Labute approximate surface area is 92.3 Å². The van der Waals surface area contributed by atoms with Gasteiger partial charge in [-0.3, -0.25) is 0 Å². The maximum Gasteiger partial charge on any atom is 0.122 e. The Morgan fingerprint density at radius 2 is 1.67 bits per heavy atom. The van der Waals surface area contributed by atoms with E-state index >= 15 is 0 Å². The van der Waals surface area contributed by atoms with Gasteiger partial charge in [0.1, 0.15) is 5.83 Å². The van der Waals surface area contributed by atoms with E-state index in [1.54, 1.807) is 6.08 Å². The average Bonchev–Trinajstić information content (AvgIpc) is 2.38. The summed E-state index contributed by atoms with van der Waals surface area (Å²) in [7, 11) is 0. The lowest BCUT2D eigenvalue weighted by atomic mass is 9.75. The summed E-state index contributed by atoms with van der Waals surface area (Å²) in [5, 5.41) is 0. The van der Waals surface area contributed by atoms with E-state index in [1.165, 1.54) is 31.3 Å². The van der Waals surface area contributed by atoms with E-state index in [2.05, 4.69) is 13.8 Å². The Kier molecular flexibility index (Phi) is 2.99. The molecule has 15 heavy (non-hydrogen) atoms. The monoisotopic (exact) mass is 208 g/mol. The summed E-state index contributed by atoms with van der Waals surface area (Å²) >= 11 is 0. The molecule has 84 valence electrons. The van der Waals surface area contributed by atoms with Gasteiger partial charge in [-0.15, -0.1) is 0 Å². The van der Waals surface area contributed by atoms with Crippen molar-refractivity contribution in [3.63, 3.8) is 0 Å². The van der Waals surface area contributed by atoms with Gasteiger partial charge in [-0.05, 0) is 56.1 Å². The van der Waals surface area contributed by atoms with E-state index < -0.39 is 0 Å². The minimum Gasteiger partial charge on any atom is -0.207 e. The van der Waals surface area contributed by atoms with Crippen molar-refractivity contribution >= 4 is 0 Å². The predicted octanol–water partition coefficient (Wildman–Crippen LogP) is 4.63. The van der Waals surface area contributed by atoms with Crippen molar-refractivity contribution in [1.29, 1.82) is 0 Å². The molecule has 0 N–H and O–H groups in total. The predicted molar refractivity (Wildman–Crippen MR) is 62.2 cm³/mol. The molecule has 2 rings (SSSR count). The second-order valence-corrected chi connectivity index (χ2v) is 5.39. The summed E-state index contributed by atoms with van der Waals surface area (Å²) in [5.74, 6) is 1.96. The molecule has 0 heterocycles. The van der Waals surface area contributed by atoms with Gasteiger partial charge in [-0.25, -0.2) is 4.39 Å². The van der Waals surface area contributed by atoms with Gasteiger partial charge < -0.3 is 0 Å². The van der Waals surface area contributed by atoms with Gasteiger partial charge in [0, 0.05) is 0 Å². The van der Waals surface area contributed by atoms with Gasteiger partial charge in [-0.1, -0.05) is 25.3 Å². The summed E-state index contributed by atoms with van der Waals surface area (Å²) in [4.78, 5) is 0. The molecule has 0 saturated heterocycles. The quantitative estimate of drug-likeness (QED) is 0.544. The normalized spacial score (nSPS) is 37.1. The maximum absolute atomic E-state index is 13.6. The highest BCUT2D eigenvalue weighted by molar-refractivity contribution is 5.32. The first kappa shape index (κ1) is 10.9. The van der Waals surface area contributed by atoms with Crippen LogP contribution in [0.2, 0.25) is 0 Å². The van der Waals surface area contributed by atoms with Crippen LogP contribution in [-0.2, 0) is 0 Å². The second-order valence-electron chi connectivity index (χ2n) is 5.39. The number of hydrogen-bond donors (Lipinski definition) is 0. The van der Waals surface area contributed by atoms with Crippen molar-refractivity contribution in [2.45, 2.75) is 46.5 Å². The second kappa shape index (κ2) is 4.11. The zero-order valence-corrected chi connectivity index (χ0v) is 10.0. The van der Waals surface area contributed by atoms with Crippen molar-refractivity contribution in [3.8, 4) is 0 Å². The smallest absolute Gasteiger partial charge is 0.122 e. The Bertz CT molecular complexity index is 311. The molecule has 1 fully saturated rings. The lowest BCUT2D eigenvalue weighted by Gasteiger charge is -2.30. The van der Waals surface area contributed by atoms with Crippen LogP contribution in [0, 0.1) is 17.8 Å². The standard InChI is InChI=1S/C14H21F/c1-9-4-6-12-10(2)8-14(15)11(3)13(12)7-5-9/h8-9,12-13H,4-7H2,1-3H3. The van der Waals surface area contributed by atoms with Crippen LogP contribution in [0.3, 0.4) is 0 Å². The van der Waals surface area contributed by atoms with Crippen molar-refractivity contribution in [2.75, 3.05) is 0 Å². The molecule has 1 heteroatoms. The number of rotatable bonds is 0. The number of allylic oxidation sites excluding steroid dienone is 4. The zero-order chi connectivity index (χ0) is 11.0. The summed E-state index contributed by atoms with van der Waals surface area (Å²) in [6.07, 6.45) is 6.75. The summed E-state index contributed by atoms with van der Waals surface area (Å²) in [5.41, 5.74) is 2.26. The summed E-state index contributed by atoms with van der Waals surface area (Å²) in [6, 6.07) is 0. The van der Waals surface area contributed by atoms with E-state index in [4.69, 9.17) is 0 Å². The van der Waals surface area contributed by atoms with Crippen molar-refractivity contribution in [3.05, 3.63) is 23.0 Å². The Balaban J connectivity index is 2.27. The average molecular weight is 208 g/mol. The third kappa shape index (κ3) is 2.02. The van der Waals surface area contributed by atoms with E-state index in [0.717, 1.165) is 11.5 Å². The molecule has 2 aliphatic rings. The highest BCUT2D eigenvalue weighted by Crippen LogP contribution is 2.43. The van der Waals surface area contributed by atoms with Crippen molar-refractivity contribution in [2.24, 2.45) is 17.8 Å². The third-order valence-corrected chi connectivity index (χ3v) is 4.30. The molecule has 0 aliphatic heterocycles. The molecule has 3 atom stereocenters. The van der Waals surface area contributed by atoms with Crippen LogP contribution in [0.1, 0.15) is 46.5 Å². The van der Waals surface area contributed by atoms with Crippen LogP contribution in [0.5, 0.6) is 0 Å².